The van der Waals surface area contributed by atoms with E-state index in [0.29, 0.717) is 0 Å². The third kappa shape index (κ3) is 3.67. The highest BCUT2D eigenvalue weighted by atomic mass is 35.5. The van der Waals surface area contributed by atoms with Gasteiger partial charge in [-0.25, -0.2) is 4.39 Å². The van der Waals surface area contributed by atoms with Gasteiger partial charge in [0.15, 0.2) is 0 Å². The third-order valence-electron chi connectivity index (χ3n) is 2.73. The molecule has 1 aromatic rings. The van der Waals surface area contributed by atoms with Gasteiger partial charge in [0.25, 0.3) is 0 Å². The maximum Gasteiger partial charge on any atom is 0.435 e. The van der Waals surface area contributed by atoms with Crippen LogP contribution in [0.15, 0.2) is 12.1 Å². The molecule has 0 heterocycles. The summed E-state index contributed by atoms with van der Waals surface area (Å²) in [4.78, 5) is 11.2. The molecule has 0 saturated carbocycles. The molecule has 12 heteroatoms. The van der Waals surface area contributed by atoms with Gasteiger partial charge in [-0.05, 0) is 12.1 Å². The van der Waals surface area contributed by atoms with E-state index in [-0.39, 0.29) is 12.1 Å². The lowest BCUT2D eigenvalue weighted by Gasteiger charge is -2.30. The molecule has 0 bridgehead atoms. The summed E-state index contributed by atoms with van der Waals surface area (Å²) < 4.78 is 90.0. The van der Waals surface area contributed by atoms with Gasteiger partial charge in [-0.2, -0.15) is 31.6 Å². The standard InChI is InChI=1S/C12H5Cl2F7N2O/c13-6-3-5(10(15,11(16,17)18)12(19,20)21)4-7(14)9(6)23-8(24)1-2-22/h3-4H,1H2,(H,23,24). The van der Waals surface area contributed by atoms with Crippen molar-refractivity contribution in [2.45, 2.75) is 24.4 Å². The number of alkyl halides is 7. The molecule has 0 saturated heterocycles. The van der Waals surface area contributed by atoms with Crippen LogP contribution in [0.4, 0.5) is 36.4 Å². The Bertz CT molecular complexity index is 657. The second-order valence-corrected chi connectivity index (χ2v) is 5.17. The Labute approximate surface area is 139 Å². The number of rotatable bonds is 3. The average molecular weight is 397 g/mol. The molecule has 0 unspecified atom stereocenters. The quantitative estimate of drug-likeness (QED) is 0.719. The van der Waals surface area contributed by atoms with Crippen LogP contribution in [0.5, 0.6) is 0 Å². The molecule has 132 valence electrons. The molecule has 1 N–H and O–H groups in total. The van der Waals surface area contributed by atoms with Crippen LogP contribution in [0.1, 0.15) is 12.0 Å². The van der Waals surface area contributed by atoms with Gasteiger partial charge in [0.1, 0.15) is 6.42 Å². The lowest BCUT2D eigenvalue weighted by molar-refractivity contribution is -0.348. The minimum atomic E-state index is -6.33. The lowest BCUT2D eigenvalue weighted by atomic mass is 9.94. The van der Waals surface area contributed by atoms with Crippen molar-refractivity contribution < 1.29 is 35.5 Å². The van der Waals surface area contributed by atoms with E-state index in [1.165, 1.54) is 6.07 Å². The third-order valence-corrected chi connectivity index (χ3v) is 3.32. The molecule has 1 rings (SSSR count). The summed E-state index contributed by atoms with van der Waals surface area (Å²) in [5.74, 6) is -0.966. The van der Waals surface area contributed by atoms with Gasteiger partial charge in [-0.1, -0.05) is 23.2 Å². The van der Waals surface area contributed by atoms with E-state index in [1.807, 2.05) is 5.32 Å². The Morgan fingerprint density at radius 1 is 1.04 bits per heavy atom. The number of nitrogens with zero attached hydrogens (tertiary/aromatic N) is 1. The van der Waals surface area contributed by atoms with Crippen molar-refractivity contribution in [2.24, 2.45) is 0 Å². The molecule has 1 aromatic carbocycles. The summed E-state index contributed by atoms with van der Waals surface area (Å²) >= 11 is 11.0. The first-order valence-corrected chi connectivity index (χ1v) is 6.50. The molecule has 0 aromatic heterocycles. The predicted octanol–water partition coefficient (Wildman–Crippen LogP) is 5.13. The Kier molecular flexibility index (Phi) is 5.62. The van der Waals surface area contributed by atoms with Crippen LogP contribution in [0, 0.1) is 11.3 Å². The average Bonchev–Trinajstić information content (AvgIpc) is 2.39. The fourth-order valence-corrected chi connectivity index (χ4v) is 2.22. The molecule has 0 radical (unpaired) electrons. The van der Waals surface area contributed by atoms with Crippen LogP contribution in [0.2, 0.25) is 10.0 Å². The number of hydrogen-bond donors (Lipinski definition) is 1. The second-order valence-electron chi connectivity index (χ2n) is 4.35. The van der Waals surface area contributed by atoms with E-state index in [0.717, 1.165) is 0 Å². The maximum absolute atomic E-state index is 13.9. The molecular weight excluding hydrogens is 392 g/mol. The zero-order valence-corrected chi connectivity index (χ0v) is 12.6. The number of anilines is 1. The molecule has 0 atom stereocenters. The summed E-state index contributed by atoms with van der Waals surface area (Å²) in [7, 11) is 0. The number of nitriles is 1. The van der Waals surface area contributed by atoms with Gasteiger partial charge in [0.2, 0.25) is 5.91 Å². The van der Waals surface area contributed by atoms with Crippen LogP contribution in [0.3, 0.4) is 0 Å². The Hall–Kier alpha value is -1.73. The summed E-state index contributed by atoms with van der Waals surface area (Å²) in [6.45, 7) is 0. The van der Waals surface area contributed by atoms with Gasteiger partial charge in [-0.15, -0.1) is 0 Å². The van der Waals surface area contributed by atoms with Gasteiger partial charge < -0.3 is 5.32 Å². The predicted molar refractivity (Wildman–Crippen MR) is 70.2 cm³/mol. The number of halogens is 9. The van der Waals surface area contributed by atoms with Crippen molar-refractivity contribution in [3.8, 4) is 6.07 Å². The van der Waals surface area contributed by atoms with Gasteiger partial charge in [-0.3, -0.25) is 4.79 Å². The number of carbonyl (C=O) groups excluding carboxylic acids is 1. The monoisotopic (exact) mass is 396 g/mol. The molecule has 1 amide bonds. The Morgan fingerprint density at radius 2 is 1.46 bits per heavy atom. The van der Waals surface area contributed by atoms with E-state index in [9.17, 15) is 35.5 Å². The fourth-order valence-electron chi connectivity index (χ4n) is 1.63. The first kappa shape index (κ1) is 20.3. The molecule has 0 spiro atoms. The normalized spacial score (nSPS) is 12.7. The van der Waals surface area contributed by atoms with Crippen molar-refractivity contribution in [1.82, 2.24) is 0 Å². The Morgan fingerprint density at radius 3 is 1.79 bits per heavy atom. The molecule has 0 aliphatic heterocycles. The maximum atomic E-state index is 13.9. The van der Waals surface area contributed by atoms with Crippen LogP contribution < -0.4 is 5.32 Å². The first-order valence-electron chi connectivity index (χ1n) is 5.74. The number of benzene rings is 1. The summed E-state index contributed by atoms with van der Waals surface area (Å²) in [6, 6.07) is 1.55. The van der Waals surface area contributed by atoms with E-state index in [2.05, 4.69) is 0 Å². The summed E-state index contributed by atoms with van der Waals surface area (Å²) in [5.41, 5.74) is -8.15. The number of amides is 1. The van der Waals surface area contributed by atoms with Crippen molar-refractivity contribution in [3.63, 3.8) is 0 Å². The largest absolute Gasteiger partial charge is 0.435 e. The van der Waals surface area contributed by atoms with E-state index in [4.69, 9.17) is 28.5 Å². The molecular formula is C12H5Cl2F7N2O. The van der Waals surface area contributed by atoms with Crippen LogP contribution in [-0.2, 0) is 10.5 Å². The summed E-state index contributed by atoms with van der Waals surface area (Å²) in [6.07, 6.45) is -13.3. The zero-order chi connectivity index (χ0) is 18.9. The van der Waals surface area contributed by atoms with E-state index in [1.54, 1.807) is 0 Å². The van der Waals surface area contributed by atoms with Crippen molar-refractivity contribution >= 4 is 34.8 Å². The zero-order valence-electron chi connectivity index (χ0n) is 11.1. The van der Waals surface area contributed by atoms with Crippen molar-refractivity contribution in [3.05, 3.63) is 27.7 Å². The van der Waals surface area contributed by atoms with Crippen molar-refractivity contribution in [1.29, 1.82) is 5.26 Å². The van der Waals surface area contributed by atoms with Crippen LogP contribution in [-0.4, -0.2) is 18.3 Å². The van der Waals surface area contributed by atoms with Gasteiger partial charge >= 0.3 is 18.0 Å². The smallest absolute Gasteiger partial charge is 0.323 e. The number of nitrogens with one attached hydrogen (secondary N) is 1. The Balaban J connectivity index is 3.48. The summed E-state index contributed by atoms with van der Waals surface area (Å²) in [5, 5.41) is 8.51. The fraction of sp³-hybridized carbons (Fsp3) is 0.333. The van der Waals surface area contributed by atoms with E-state index < -0.39 is 51.6 Å². The highest BCUT2D eigenvalue weighted by Crippen LogP contribution is 2.54. The minimum absolute atomic E-state index is 0.0520. The molecule has 0 aliphatic rings. The first-order chi connectivity index (χ1) is 10.8. The molecule has 0 aliphatic carbocycles. The lowest BCUT2D eigenvalue weighted by Crippen LogP contribution is -2.50. The van der Waals surface area contributed by atoms with Gasteiger partial charge in [0, 0.05) is 5.56 Å². The van der Waals surface area contributed by atoms with Gasteiger partial charge in [0.05, 0.1) is 21.8 Å². The van der Waals surface area contributed by atoms with Crippen LogP contribution >= 0.6 is 23.2 Å². The molecule has 0 fully saturated rings. The highest BCUT2D eigenvalue weighted by molar-refractivity contribution is 6.39. The number of hydrogen-bond acceptors (Lipinski definition) is 2. The number of carbonyl (C=O) groups is 1. The molecule has 3 nitrogen and oxygen atoms in total. The highest BCUT2D eigenvalue weighted by Gasteiger charge is 2.73. The van der Waals surface area contributed by atoms with E-state index >= 15 is 0 Å². The van der Waals surface area contributed by atoms with Crippen LogP contribution in [0.25, 0.3) is 0 Å². The minimum Gasteiger partial charge on any atom is -0.323 e. The second kappa shape index (κ2) is 6.64. The topological polar surface area (TPSA) is 52.9 Å². The van der Waals surface area contributed by atoms with Crippen molar-refractivity contribution in [2.75, 3.05) is 5.32 Å². The molecule has 24 heavy (non-hydrogen) atoms. The SMILES string of the molecule is N#CCC(=O)Nc1c(Cl)cc(C(F)(C(F)(F)F)C(F)(F)F)cc1Cl.